The molecule has 1 fully saturated rings. The Morgan fingerprint density at radius 1 is 0.893 bits per heavy atom. The van der Waals surface area contributed by atoms with Gasteiger partial charge in [0.05, 0.1) is 6.04 Å². The average molecular weight is 387 g/mol. The molecule has 7 nitrogen and oxygen atoms in total. The van der Waals surface area contributed by atoms with Crippen molar-refractivity contribution in [2.45, 2.75) is 47.1 Å². The van der Waals surface area contributed by atoms with E-state index in [0.29, 0.717) is 10.8 Å². The molecule has 0 saturated carbocycles. The zero-order valence-electron chi connectivity index (χ0n) is 17.2. The van der Waals surface area contributed by atoms with Gasteiger partial charge in [0.15, 0.2) is 0 Å². The van der Waals surface area contributed by atoms with Crippen LogP contribution < -0.4 is 5.32 Å². The summed E-state index contributed by atoms with van der Waals surface area (Å²) in [6.07, 6.45) is 0.987. The van der Waals surface area contributed by atoms with Crippen molar-refractivity contribution in [1.82, 2.24) is 15.1 Å². The van der Waals surface area contributed by atoms with Crippen molar-refractivity contribution < 1.29 is 19.2 Å². The monoisotopic (exact) mass is 387 g/mol. The quantitative estimate of drug-likeness (QED) is 0.548. The SMILES string of the molecule is CC(C)Cc1ccc([C@@H](C)NC(=O)CN2C(=O)C(=O)N(CC(C)C)C2=O)cc1. The fourth-order valence-electron chi connectivity index (χ4n) is 3.14. The predicted octanol–water partition coefficient (Wildman–Crippen LogP) is 2.51. The second kappa shape index (κ2) is 8.99. The minimum Gasteiger partial charge on any atom is -0.348 e. The van der Waals surface area contributed by atoms with Crippen LogP contribution in [0.2, 0.25) is 0 Å². The summed E-state index contributed by atoms with van der Waals surface area (Å²) in [4.78, 5) is 50.3. The van der Waals surface area contributed by atoms with Crippen molar-refractivity contribution in [3.8, 4) is 0 Å². The molecule has 0 aliphatic carbocycles. The number of urea groups is 1. The van der Waals surface area contributed by atoms with Crippen molar-refractivity contribution in [1.29, 1.82) is 0 Å². The van der Waals surface area contributed by atoms with Gasteiger partial charge in [-0.1, -0.05) is 52.0 Å². The molecule has 0 unspecified atom stereocenters. The Hall–Kier alpha value is -2.70. The molecule has 1 heterocycles. The lowest BCUT2D eigenvalue weighted by Crippen LogP contribution is -2.42. The Labute approximate surface area is 166 Å². The number of nitrogens with zero attached hydrogens (tertiary/aromatic N) is 2. The summed E-state index contributed by atoms with van der Waals surface area (Å²) in [5.41, 5.74) is 2.16. The van der Waals surface area contributed by atoms with E-state index in [1.165, 1.54) is 5.56 Å². The topological polar surface area (TPSA) is 86.8 Å². The zero-order chi connectivity index (χ0) is 21.0. The number of nitrogens with one attached hydrogen (secondary N) is 1. The third-order valence-corrected chi connectivity index (χ3v) is 4.49. The molecule has 0 aromatic heterocycles. The van der Waals surface area contributed by atoms with Gasteiger partial charge in [-0.05, 0) is 36.3 Å². The fourth-order valence-corrected chi connectivity index (χ4v) is 3.14. The van der Waals surface area contributed by atoms with Crippen molar-refractivity contribution >= 4 is 23.8 Å². The Morgan fingerprint density at radius 2 is 1.46 bits per heavy atom. The van der Waals surface area contributed by atoms with E-state index in [1.54, 1.807) is 0 Å². The second-order valence-electron chi connectivity index (χ2n) is 8.11. The molecule has 7 heteroatoms. The number of benzene rings is 1. The molecular weight excluding hydrogens is 358 g/mol. The smallest absolute Gasteiger partial charge is 0.334 e. The molecule has 1 saturated heterocycles. The van der Waals surface area contributed by atoms with Crippen molar-refractivity contribution in [2.24, 2.45) is 11.8 Å². The standard InChI is InChI=1S/C21H29N3O4/c1-13(2)10-16-6-8-17(9-7-16)15(5)22-18(25)12-24-20(27)19(26)23(21(24)28)11-14(3)4/h6-9,13-15H,10-12H2,1-5H3,(H,22,25)/t15-/m1/s1. The Morgan fingerprint density at radius 3 is 2.00 bits per heavy atom. The maximum Gasteiger partial charge on any atom is 0.334 e. The minimum atomic E-state index is -0.952. The van der Waals surface area contributed by atoms with Crippen LogP contribution in [0.3, 0.4) is 0 Å². The molecule has 28 heavy (non-hydrogen) atoms. The van der Waals surface area contributed by atoms with Gasteiger partial charge in [-0.15, -0.1) is 0 Å². The first-order chi connectivity index (χ1) is 13.1. The zero-order valence-corrected chi connectivity index (χ0v) is 17.2. The molecule has 0 bridgehead atoms. The molecule has 1 aliphatic rings. The number of carbonyl (C=O) groups excluding carboxylic acids is 4. The lowest BCUT2D eigenvalue weighted by atomic mass is 10.00. The number of rotatable bonds is 8. The van der Waals surface area contributed by atoms with Gasteiger partial charge in [-0.2, -0.15) is 0 Å². The van der Waals surface area contributed by atoms with Gasteiger partial charge in [-0.3, -0.25) is 19.3 Å². The van der Waals surface area contributed by atoms with E-state index in [0.717, 1.165) is 16.9 Å². The third kappa shape index (κ3) is 5.18. The summed E-state index contributed by atoms with van der Waals surface area (Å²) in [6.45, 7) is 9.52. The maximum atomic E-state index is 12.3. The normalized spacial score (nSPS) is 15.8. The Kier molecular flexibility index (Phi) is 6.94. The van der Waals surface area contributed by atoms with Gasteiger partial charge >= 0.3 is 17.8 Å². The van der Waals surface area contributed by atoms with Crippen LogP contribution in [0.15, 0.2) is 24.3 Å². The molecule has 1 aromatic rings. The first-order valence-electron chi connectivity index (χ1n) is 9.65. The molecule has 152 valence electrons. The lowest BCUT2D eigenvalue weighted by Gasteiger charge is -2.19. The molecule has 1 aliphatic heterocycles. The van der Waals surface area contributed by atoms with E-state index in [4.69, 9.17) is 0 Å². The van der Waals surface area contributed by atoms with Gasteiger partial charge in [0, 0.05) is 6.54 Å². The minimum absolute atomic E-state index is 0.0353. The molecule has 5 amide bonds. The number of amides is 5. The number of carbonyl (C=O) groups is 4. The van der Waals surface area contributed by atoms with E-state index in [9.17, 15) is 19.2 Å². The van der Waals surface area contributed by atoms with Crippen molar-refractivity contribution in [3.05, 3.63) is 35.4 Å². The first kappa shape index (κ1) is 21.6. The number of imide groups is 2. The lowest BCUT2D eigenvalue weighted by molar-refractivity contribution is -0.144. The van der Waals surface area contributed by atoms with Crippen LogP contribution in [-0.2, 0) is 20.8 Å². The van der Waals surface area contributed by atoms with Crippen LogP contribution in [0.1, 0.15) is 51.8 Å². The highest BCUT2D eigenvalue weighted by Crippen LogP contribution is 2.17. The number of hydrogen-bond acceptors (Lipinski definition) is 4. The van der Waals surface area contributed by atoms with Gasteiger partial charge in [0.25, 0.3) is 0 Å². The third-order valence-electron chi connectivity index (χ3n) is 4.49. The second-order valence-corrected chi connectivity index (χ2v) is 8.11. The van der Waals surface area contributed by atoms with Gasteiger partial charge in [-0.25, -0.2) is 9.69 Å². The highest BCUT2D eigenvalue weighted by molar-refractivity contribution is 6.45. The highest BCUT2D eigenvalue weighted by atomic mass is 16.2. The molecule has 1 aromatic carbocycles. The molecule has 0 radical (unpaired) electrons. The van der Waals surface area contributed by atoms with Crippen LogP contribution in [0.4, 0.5) is 4.79 Å². The molecular formula is C21H29N3O4. The number of hydrogen-bond donors (Lipinski definition) is 1. The van der Waals surface area contributed by atoms with E-state index in [2.05, 4.69) is 19.2 Å². The van der Waals surface area contributed by atoms with Gasteiger partial charge < -0.3 is 5.32 Å². The Bertz CT molecular complexity index is 755. The highest BCUT2D eigenvalue weighted by Gasteiger charge is 2.45. The molecule has 0 spiro atoms. The van der Waals surface area contributed by atoms with Crippen molar-refractivity contribution in [2.75, 3.05) is 13.1 Å². The van der Waals surface area contributed by atoms with Crippen LogP contribution in [0.5, 0.6) is 0 Å². The Balaban J connectivity index is 1.96. The largest absolute Gasteiger partial charge is 0.348 e. The van der Waals surface area contributed by atoms with Gasteiger partial charge in [0.2, 0.25) is 5.91 Å². The fraction of sp³-hybridized carbons (Fsp3) is 0.524. The maximum absolute atomic E-state index is 12.3. The molecule has 1 N–H and O–H groups in total. The van der Waals surface area contributed by atoms with Crippen LogP contribution in [0, 0.1) is 11.8 Å². The molecule has 1 atom stereocenters. The van der Waals surface area contributed by atoms with Crippen LogP contribution in [-0.4, -0.2) is 46.6 Å². The van der Waals surface area contributed by atoms with Crippen molar-refractivity contribution in [3.63, 3.8) is 0 Å². The van der Waals surface area contributed by atoms with E-state index >= 15 is 0 Å². The summed E-state index contributed by atoms with van der Waals surface area (Å²) >= 11 is 0. The van der Waals surface area contributed by atoms with Gasteiger partial charge in [0.1, 0.15) is 6.54 Å². The summed E-state index contributed by atoms with van der Waals surface area (Å²) in [5, 5.41) is 2.78. The summed E-state index contributed by atoms with van der Waals surface area (Å²) in [5.74, 6) is -1.71. The summed E-state index contributed by atoms with van der Waals surface area (Å²) in [6, 6.07) is 6.98. The van der Waals surface area contributed by atoms with Crippen LogP contribution in [0.25, 0.3) is 0 Å². The summed E-state index contributed by atoms with van der Waals surface area (Å²) < 4.78 is 0. The first-order valence-corrected chi connectivity index (χ1v) is 9.65. The van der Waals surface area contributed by atoms with E-state index in [1.807, 2.05) is 45.0 Å². The average Bonchev–Trinajstić information content (AvgIpc) is 2.79. The summed E-state index contributed by atoms with van der Waals surface area (Å²) in [7, 11) is 0. The van der Waals surface area contributed by atoms with E-state index < -0.39 is 30.3 Å². The molecule has 2 rings (SSSR count). The van der Waals surface area contributed by atoms with Crippen LogP contribution >= 0.6 is 0 Å². The predicted molar refractivity (Wildman–Crippen MR) is 105 cm³/mol. The van der Waals surface area contributed by atoms with E-state index in [-0.39, 0.29) is 18.5 Å².